The van der Waals surface area contributed by atoms with Crippen LogP contribution in [0, 0.1) is 0 Å². The summed E-state index contributed by atoms with van der Waals surface area (Å²) in [6.45, 7) is 3.62. The van der Waals surface area contributed by atoms with Crippen molar-refractivity contribution in [3.8, 4) is 0 Å². The molecule has 0 atom stereocenters. The van der Waals surface area contributed by atoms with Crippen LogP contribution < -0.4 is 10.7 Å². The van der Waals surface area contributed by atoms with E-state index < -0.39 is 0 Å². The molecule has 5 heteroatoms. The third-order valence-corrected chi connectivity index (χ3v) is 1.57. The summed E-state index contributed by atoms with van der Waals surface area (Å²) in [7, 11) is 0. The molecule has 5 nitrogen and oxygen atoms in total. The lowest BCUT2D eigenvalue weighted by molar-refractivity contribution is -0.347. The van der Waals surface area contributed by atoms with Crippen molar-refractivity contribution < 1.29 is 4.98 Å². The van der Waals surface area contributed by atoms with Crippen LogP contribution in [0.1, 0.15) is 5.69 Å². The molecule has 0 aliphatic rings. The highest BCUT2D eigenvalue weighted by Crippen LogP contribution is 2.10. The van der Waals surface area contributed by atoms with Gasteiger partial charge in [-0.25, -0.2) is 4.98 Å². The number of aromatic amines is 2. The van der Waals surface area contributed by atoms with Crippen molar-refractivity contribution in [3.63, 3.8) is 0 Å². The van der Waals surface area contributed by atoms with E-state index in [4.69, 9.17) is 5.73 Å². The van der Waals surface area contributed by atoms with Gasteiger partial charge in [-0.15, -0.1) is 0 Å². The molecule has 0 fully saturated rings. The Kier molecular flexibility index (Phi) is 1.30. The Bertz CT molecular complexity index is 430. The number of nitrogens with one attached hydrogen (secondary N) is 2. The van der Waals surface area contributed by atoms with E-state index in [1.54, 1.807) is 12.4 Å². The second-order valence-electron chi connectivity index (χ2n) is 2.33. The van der Waals surface area contributed by atoms with Gasteiger partial charge in [-0.05, 0) is 6.08 Å². The highest BCUT2D eigenvalue weighted by atomic mass is 15.1. The van der Waals surface area contributed by atoms with Crippen molar-refractivity contribution in [1.82, 2.24) is 15.0 Å². The van der Waals surface area contributed by atoms with Crippen LogP contribution >= 0.6 is 0 Å². The predicted octanol–water partition coefficient (Wildman–Crippen LogP) is -0.00280. The van der Waals surface area contributed by atoms with Crippen LogP contribution in [0.2, 0.25) is 0 Å². The van der Waals surface area contributed by atoms with Gasteiger partial charge in [0.1, 0.15) is 5.69 Å². The largest absolute Gasteiger partial charge is 0.354 e. The van der Waals surface area contributed by atoms with E-state index in [9.17, 15) is 0 Å². The number of anilines is 1. The monoisotopic (exact) mass is 162 g/mol. The van der Waals surface area contributed by atoms with Gasteiger partial charge in [0, 0.05) is 0 Å². The first-order valence-corrected chi connectivity index (χ1v) is 3.46. The molecule has 0 saturated carbocycles. The van der Waals surface area contributed by atoms with Crippen LogP contribution in [0.15, 0.2) is 12.9 Å². The lowest BCUT2D eigenvalue weighted by Crippen LogP contribution is -2.03. The Labute approximate surface area is 68.4 Å². The summed E-state index contributed by atoms with van der Waals surface area (Å²) in [6.07, 6.45) is 3.30. The maximum atomic E-state index is 5.46. The van der Waals surface area contributed by atoms with Crippen LogP contribution in [0.25, 0.3) is 17.2 Å². The molecular weight excluding hydrogens is 154 g/mol. The number of nitrogen functional groups attached to an aromatic ring is 1. The minimum Gasteiger partial charge on any atom is -0.354 e. The second kappa shape index (κ2) is 2.30. The van der Waals surface area contributed by atoms with Crippen molar-refractivity contribution in [3.05, 3.63) is 18.6 Å². The molecule has 2 rings (SSSR count). The molecule has 2 heterocycles. The summed E-state index contributed by atoms with van der Waals surface area (Å²) in [5.74, 6) is 0.244. The van der Waals surface area contributed by atoms with E-state index in [0.29, 0.717) is 11.3 Å². The second-order valence-corrected chi connectivity index (χ2v) is 2.33. The van der Waals surface area contributed by atoms with Crippen molar-refractivity contribution in [2.24, 2.45) is 0 Å². The Balaban J connectivity index is 2.88. The lowest BCUT2D eigenvalue weighted by atomic mass is 10.3. The SMILES string of the molecule is C=Cc1nc(N)nc2[nH+]c[nH]c12. The zero-order chi connectivity index (χ0) is 8.55. The van der Waals surface area contributed by atoms with Crippen LogP contribution in [-0.4, -0.2) is 15.0 Å². The van der Waals surface area contributed by atoms with Gasteiger partial charge in [0.2, 0.25) is 0 Å². The number of aromatic nitrogens is 4. The number of hydrogen-bond donors (Lipinski definition) is 2. The molecule has 0 bridgehead atoms. The average molecular weight is 162 g/mol. The van der Waals surface area contributed by atoms with Gasteiger partial charge in [-0.1, -0.05) is 11.6 Å². The van der Waals surface area contributed by atoms with E-state index in [1.165, 1.54) is 0 Å². The lowest BCUT2D eigenvalue weighted by Gasteiger charge is -1.89. The quantitative estimate of drug-likeness (QED) is 0.619. The minimum atomic E-state index is 0.244. The molecule has 0 aliphatic carbocycles. The van der Waals surface area contributed by atoms with Crippen molar-refractivity contribution >= 4 is 23.2 Å². The van der Waals surface area contributed by atoms with Crippen molar-refractivity contribution in [1.29, 1.82) is 0 Å². The summed E-state index contributed by atoms with van der Waals surface area (Å²) in [4.78, 5) is 13.8. The average Bonchev–Trinajstić information content (AvgIpc) is 2.50. The number of nitrogens with zero attached hydrogens (tertiary/aromatic N) is 2. The van der Waals surface area contributed by atoms with Gasteiger partial charge < -0.3 is 5.73 Å². The third kappa shape index (κ3) is 0.833. The maximum Gasteiger partial charge on any atom is 0.305 e. The molecule has 0 spiro atoms. The third-order valence-electron chi connectivity index (χ3n) is 1.57. The van der Waals surface area contributed by atoms with Gasteiger partial charge in [-0.3, -0.25) is 4.98 Å². The molecule has 2 aromatic rings. The fraction of sp³-hybridized carbons (Fsp3) is 0. The first-order valence-electron chi connectivity index (χ1n) is 3.46. The Morgan fingerprint density at radius 3 is 3.17 bits per heavy atom. The smallest absolute Gasteiger partial charge is 0.305 e. The molecule has 0 radical (unpaired) electrons. The van der Waals surface area contributed by atoms with Gasteiger partial charge >= 0.3 is 5.65 Å². The van der Waals surface area contributed by atoms with Gasteiger partial charge in [0.25, 0.3) is 5.95 Å². The number of fused-ring (bicyclic) bond motifs is 1. The molecule has 0 unspecified atom stereocenters. The number of imidazole rings is 1. The molecule has 60 valence electrons. The van der Waals surface area contributed by atoms with E-state index in [-0.39, 0.29) is 5.95 Å². The van der Waals surface area contributed by atoms with Crippen LogP contribution in [0.4, 0.5) is 5.95 Å². The molecule has 0 aliphatic heterocycles. The van der Waals surface area contributed by atoms with E-state index in [0.717, 1.165) is 5.52 Å². The number of hydrogen-bond acceptors (Lipinski definition) is 3. The summed E-state index contributed by atoms with van der Waals surface area (Å²) < 4.78 is 0. The molecule has 2 aromatic heterocycles. The molecule has 4 N–H and O–H groups in total. The predicted molar refractivity (Wildman–Crippen MR) is 44.9 cm³/mol. The molecule has 0 saturated heterocycles. The summed E-state index contributed by atoms with van der Waals surface area (Å²) in [5.41, 5.74) is 7.67. The zero-order valence-electron chi connectivity index (χ0n) is 6.33. The van der Waals surface area contributed by atoms with E-state index in [2.05, 4.69) is 26.5 Å². The highest BCUT2D eigenvalue weighted by Gasteiger charge is 2.10. The van der Waals surface area contributed by atoms with Crippen LogP contribution in [-0.2, 0) is 0 Å². The minimum absolute atomic E-state index is 0.244. The van der Waals surface area contributed by atoms with Gasteiger partial charge in [-0.2, -0.15) is 4.98 Å². The highest BCUT2D eigenvalue weighted by molar-refractivity contribution is 5.77. The van der Waals surface area contributed by atoms with Crippen LogP contribution in [0.5, 0.6) is 0 Å². The number of rotatable bonds is 1. The number of H-pyrrole nitrogens is 2. The first-order chi connectivity index (χ1) is 5.81. The fourth-order valence-corrected chi connectivity index (χ4v) is 1.07. The van der Waals surface area contributed by atoms with Gasteiger partial charge in [0.05, 0.1) is 0 Å². The Hall–Kier alpha value is -1.91. The van der Waals surface area contributed by atoms with Crippen molar-refractivity contribution in [2.45, 2.75) is 0 Å². The molecule has 12 heavy (non-hydrogen) atoms. The molecular formula is C7H8N5+. The first kappa shape index (κ1) is 6.78. The fourth-order valence-electron chi connectivity index (χ4n) is 1.07. The summed E-state index contributed by atoms with van der Waals surface area (Å²) in [6, 6.07) is 0. The van der Waals surface area contributed by atoms with E-state index >= 15 is 0 Å². The van der Waals surface area contributed by atoms with Crippen LogP contribution in [0.3, 0.4) is 0 Å². The zero-order valence-corrected chi connectivity index (χ0v) is 6.33. The standard InChI is InChI=1S/C7H7N5/c1-2-4-5-6(10-3-9-5)12-7(8)11-4/h2-3H,1H2,(H3,8,9,10,11,12)/p+1. The van der Waals surface area contributed by atoms with Crippen molar-refractivity contribution in [2.75, 3.05) is 5.73 Å². The molecule has 0 amide bonds. The topological polar surface area (TPSA) is 81.7 Å². The Morgan fingerprint density at radius 1 is 1.58 bits per heavy atom. The summed E-state index contributed by atoms with van der Waals surface area (Å²) in [5, 5.41) is 0. The normalized spacial score (nSPS) is 10.3. The van der Waals surface area contributed by atoms with E-state index in [1.807, 2.05) is 0 Å². The Morgan fingerprint density at radius 2 is 2.42 bits per heavy atom. The number of nitrogens with two attached hydrogens (primary N) is 1. The van der Waals surface area contributed by atoms with Gasteiger partial charge in [0.15, 0.2) is 11.8 Å². The summed E-state index contributed by atoms with van der Waals surface area (Å²) >= 11 is 0. The maximum absolute atomic E-state index is 5.46. The molecule has 0 aromatic carbocycles.